The molecule has 0 fully saturated rings. The number of methoxy groups -OCH3 is 1. The second-order valence-electron chi connectivity index (χ2n) is 1.79. The van der Waals surface area contributed by atoms with Crippen LogP contribution in [0, 0.1) is 0 Å². The molecule has 0 aromatic carbocycles. The first-order chi connectivity index (χ1) is 4.72. The van der Waals surface area contributed by atoms with Gasteiger partial charge in [-0.25, -0.2) is 0 Å². The molecular weight excluding hydrogens is 152 g/mol. The van der Waals surface area contributed by atoms with Crippen LogP contribution in [0.1, 0.15) is 13.3 Å². The highest BCUT2D eigenvalue weighted by Crippen LogP contribution is 2.02. The normalized spacial score (nSPS) is 12.7. The summed E-state index contributed by atoms with van der Waals surface area (Å²) in [4.78, 5) is 10.8. The molecule has 0 aromatic rings. The van der Waals surface area contributed by atoms with Crippen LogP contribution in [0.25, 0.3) is 0 Å². The van der Waals surface area contributed by atoms with Crippen molar-refractivity contribution in [3.05, 3.63) is 0 Å². The van der Waals surface area contributed by atoms with E-state index in [2.05, 4.69) is 22.1 Å². The average Bonchev–Trinajstić information content (AvgIpc) is 1.98. The van der Waals surface area contributed by atoms with Crippen LogP contribution in [-0.2, 0) is 14.3 Å². The summed E-state index contributed by atoms with van der Waals surface area (Å²) in [5.74, 6) is -0.326. The Morgan fingerprint density at radius 3 is 2.70 bits per heavy atom. The maximum absolute atomic E-state index is 10.8. The molecule has 0 saturated heterocycles. The van der Waals surface area contributed by atoms with Gasteiger partial charge in [0.2, 0.25) is 0 Å². The topological polar surface area (TPSA) is 35.5 Å². The molecule has 0 amide bonds. The van der Waals surface area contributed by atoms with Gasteiger partial charge in [0.1, 0.15) is 0 Å². The summed E-state index contributed by atoms with van der Waals surface area (Å²) in [7, 11) is 1.47. The SMILES string of the molecule is CCC(S)C(=O)OCOC. The summed E-state index contributed by atoms with van der Waals surface area (Å²) in [5, 5.41) is -0.324. The van der Waals surface area contributed by atoms with E-state index in [4.69, 9.17) is 0 Å². The van der Waals surface area contributed by atoms with Crippen molar-refractivity contribution in [1.82, 2.24) is 0 Å². The summed E-state index contributed by atoms with van der Waals surface area (Å²) in [6, 6.07) is 0. The maximum Gasteiger partial charge on any atom is 0.320 e. The van der Waals surface area contributed by atoms with E-state index >= 15 is 0 Å². The predicted octanol–water partition coefficient (Wildman–Crippen LogP) is 0.842. The van der Waals surface area contributed by atoms with Gasteiger partial charge in [0.15, 0.2) is 6.79 Å². The number of hydrogen-bond acceptors (Lipinski definition) is 4. The number of esters is 1. The molecule has 60 valence electrons. The highest BCUT2D eigenvalue weighted by Gasteiger charge is 2.11. The van der Waals surface area contributed by atoms with Gasteiger partial charge < -0.3 is 9.47 Å². The van der Waals surface area contributed by atoms with Crippen LogP contribution in [-0.4, -0.2) is 25.1 Å². The zero-order valence-corrected chi connectivity index (χ0v) is 7.06. The minimum atomic E-state index is -0.326. The molecule has 1 unspecified atom stereocenters. The van der Waals surface area contributed by atoms with E-state index in [1.54, 1.807) is 0 Å². The van der Waals surface area contributed by atoms with Gasteiger partial charge in [-0.05, 0) is 6.42 Å². The molecule has 0 aromatic heterocycles. The summed E-state index contributed by atoms with van der Waals surface area (Å²) in [5.41, 5.74) is 0. The first-order valence-corrected chi connectivity index (χ1v) is 3.57. The van der Waals surface area contributed by atoms with Crippen molar-refractivity contribution in [1.29, 1.82) is 0 Å². The number of carbonyl (C=O) groups is 1. The van der Waals surface area contributed by atoms with Crippen LogP contribution in [0.2, 0.25) is 0 Å². The Morgan fingerprint density at radius 2 is 2.30 bits per heavy atom. The molecule has 0 aliphatic carbocycles. The van der Waals surface area contributed by atoms with E-state index in [0.717, 1.165) is 0 Å². The molecule has 0 spiro atoms. The molecule has 0 radical (unpaired) electrons. The lowest BCUT2D eigenvalue weighted by molar-refractivity contribution is -0.153. The third-order valence-electron chi connectivity index (χ3n) is 0.978. The highest BCUT2D eigenvalue weighted by atomic mass is 32.1. The Morgan fingerprint density at radius 1 is 1.70 bits per heavy atom. The van der Waals surface area contributed by atoms with Gasteiger partial charge >= 0.3 is 5.97 Å². The maximum atomic E-state index is 10.8. The van der Waals surface area contributed by atoms with Crippen LogP contribution in [0.4, 0.5) is 0 Å². The summed E-state index contributed by atoms with van der Waals surface area (Å²) in [6.45, 7) is 1.88. The van der Waals surface area contributed by atoms with Crippen molar-refractivity contribution in [2.24, 2.45) is 0 Å². The number of hydrogen-bond donors (Lipinski definition) is 1. The largest absolute Gasteiger partial charge is 0.438 e. The van der Waals surface area contributed by atoms with Gasteiger partial charge in [-0.1, -0.05) is 6.92 Å². The quantitative estimate of drug-likeness (QED) is 0.380. The Hall–Kier alpha value is -0.220. The number of thiol groups is 1. The average molecular weight is 164 g/mol. The molecule has 0 saturated carbocycles. The molecule has 4 heteroatoms. The van der Waals surface area contributed by atoms with E-state index in [-0.39, 0.29) is 18.0 Å². The lowest BCUT2D eigenvalue weighted by atomic mass is 10.3. The molecule has 0 bridgehead atoms. The Bertz CT molecular complexity index is 105. The van der Waals surface area contributed by atoms with Crippen molar-refractivity contribution in [3.8, 4) is 0 Å². The van der Waals surface area contributed by atoms with E-state index in [1.807, 2.05) is 6.92 Å². The smallest absolute Gasteiger partial charge is 0.320 e. The minimum absolute atomic E-state index is 0.00981. The zero-order chi connectivity index (χ0) is 7.98. The molecule has 0 rings (SSSR count). The van der Waals surface area contributed by atoms with Crippen molar-refractivity contribution >= 4 is 18.6 Å². The van der Waals surface area contributed by atoms with Gasteiger partial charge in [-0.2, -0.15) is 12.6 Å². The zero-order valence-electron chi connectivity index (χ0n) is 6.16. The van der Waals surface area contributed by atoms with Crippen molar-refractivity contribution in [2.75, 3.05) is 13.9 Å². The van der Waals surface area contributed by atoms with Crippen molar-refractivity contribution < 1.29 is 14.3 Å². The van der Waals surface area contributed by atoms with E-state index in [9.17, 15) is 4.79 Å². The Balaban J connectivity index is 3.42. The molecule has 3 nitrogen and oxygen atoms in total. The van der Waals surface area contributed by atoms with Crippen LogP contribution in [0.5, 0.6) is 0 Å². The van der Waals surface area contributed by atoms with E-state index in [0.29, 0.717) is 6.42 Å². The number of carbonyl (C=O) groups excluding carboxylic acids is 1. The lowest BCUT2D eigenvalue weighted by Gasteiger charge is -2.06. The first kappa shape index (κ1) is 9.78. The number of ether oxygens (including phenoxy) is 2. The molecule has 0 heterocycles. The van der Waals surface area contributed by atoms with Gasteiger partial charge in [-0.3, -0.25) is 4.79 Å². The van der Waals surface area contributed by atoms with Crippen LogP contribution >= 0.6 is 12.6 Å². The van der Waals surface area contributed by atoms with Gasteiger partial charge in [0, 0.05) is 7.11 Å². The van der Waals surface area contributed by atoms with Crippen LogP contribution in [0.3, 0.4) is 0 Å². The van der Waals surface area contributed by atoms with Gasteiger partial charge in [-0.15, -0.1) is 0 Å². The van der Waals surface area contributed by atoms with Crippen LogP contribution in [0.15, 0.2) is 0 Å². The Labute approximate surface area is 66.1 Å². The highest BCUT2D eigenvalue weighted by molar-refractivity contribution is 7.81. The van der Waals surface area contributed by atoms with Gasteiger partial charge in [0.25, 0.3) is 0 Å². The molecule has 0 aliphatic heterocycles. The summed E-state index contributed by atoms with van der Waals surface area (Å²) in [6.07, 6.45) is 0.672. The standard InChI is InChI=1S/C6H12O3S/c1-3-5(10)6(7)9-4-8-2/h5,10H,3-4H2,1-2H3. The van der Waals surface area contributed by atoms with E-state index < -0.39 is 0 Å². The fourth-order valence-electron chi connectivity index (χ4n) is 0.380. The lowest BCUT2D eigenvalue weighted by Crippen LogP contribution is -2.18. The van der Waals surface area contributed by atoms with Gasteiger partial charge in [0.05, 0.1) is 5.25 Å². The fraction of sp³-hybridized carbons (Fsp3) is 0.833. The molecule has 0 N–H and O–H groups in total. The second-order valence-corrected chi connectivity index (χ2v) is 2.42. The number of rotatable bonds is 4. The second kappa shape index (κ2) is 5.56. The fourth-order valence-corrected chi connectivity index (χ4v) is 0.454. The summed E-state index contributed by atoms with van der Waals surface area (Å²) < 4.78 is 9.14. The predicted molar refractivity (Wildman–Crippen MR) is 41.0 cm³/mol. The molecular formula is C6H12O3S. The molecule has 0 aliphatic rings. The van der Waals surface area contributed by atoms with Crippen molar-refractivity contribution in [3.63, 3.8) is 0 Å². The van der Waals surface area contributed by atoms with Crippen molar-refractivity contribution in [2.45, 2.75) is 18.6 Å². The van der Waals surface area contributed by atoms with Crippen LogP contribution < -0.4 is 0 Å². The third kappa shape index (κ3) is 3.74. The van der Waals surface area contributed by atoms with E-state index in [1.165, 1.54) is 7.11 Å². The Kier molecular flexibility index (Phi) is 5.43. The monoisotopic (exact) mass is 164 g/mol. The summed E-state index contributed by atoms with van der Waals surface area (Å²) >= 11 is 3.97. The third-order valence-corrected chi connectivity index (χ3v) is 1.55. The minimum Gasteiger partial charge on any atom is -0.438 e. The molecule has 10 heavy (non-hydrogen) atoms. The first-order valence-electron chi connectivity index (χ1n) is 3.06. The molecule has 1 atom stereocenters.